The fraction of sp³-hybridized carbons (Fsp3) is 0.444. The predicted octanol–water partition coefficient (Wildman–Crippen LogP) is 0.689. The monoisotopic (exact) mass is 214 g/mol. The van der Waals surface area contributed by atoms with Crippen molar-refractivity contribution in [3.05, 3.63) is 33.2 Å². The van der Waals surface area contributed by atoms with Crippen molar-refractivity contribution < 1.29 is 4.74 Å². The van der Waals surface area contributed by atoms with Crippen LogP contribution in [0.15, 0.2) is 16.9 Å². The Morgan fingerprint density at radius 1 is 1.50 bits per heavy atom. The fourth-order valence-corrected chi connectivity index (χ4v) is 1.78. The summed E-state index contributed by atoms with van der Waals surface area (Å²) in [6.45, 7) is 2.11. The van der Waals surface area contributed by atoms with Crippen LogP contribution >= 0.6 is 11.6 Å². The summed E-state index contributed by atoms with van der Waals surface area (Å²) in [4.78, 5) is 13.5. The maximum Gasteiger partial charge on any atom is 0.249 e. The number of nitrogens with one attached hydrogen (secondary N) is 2. The molecule has 0 amide bonds. The van der Waals surface area contributed by atoms with Crippen LogP contribution in [0.4, 0.5) is 0 Å². The van der Waals surface area contributed by atoms with Gasteiger partial charge in [0.2, 0.25) is 5.56 Å². The van der Waals surface area contributed by atoms with E-state index in [0.717, 1.165) is 18.7 Å². The molecule has 14 heavy (non-hydrogen) atoms. The molecule has 2 rings (SSSR count). The van der Waals surface area contributed by atoms with E-state index < -0.39 is 0 Å². The Labute approximate surface area is 86.2 Å². The highest BCUT2D eigenvalue weighted by atomic mass is 35.5. The van der Waals surface area contributed by atoms with Crippen molar-refractivity contribution in [2.45, 2.75) is 6.04 Å². The molecule has 0 saturated carbocycles. The Bertz CT molecular complexity index is 371. The van der Waals surface area contributed by atoms with E-state index in [1.807, 2.05) is 0 Å². The van der Waals surface area contributed by atoms with Crippen molar-refractivity contribution in [3.8, 4) is 0 Å². The van der Waals surface area contributed by atoms with Crippen molar-refractivity contribution in [2.75, 3.05) is 19.8 Å². The lowest BCUT2D eigenvalue weighted by Crippen LogP contribution is -2.35. The first-order valence-corrected chi connectivity index (χ1v) is 4.85. The molecule has 4 nitrogen and oxygen atoms in total. The SMILES string of the molecule is O=c1ccc(C2COCCN2)c(Cl)[nH]1. The van der Waals surface area contributed by atoms with Crippen LogP contribution in [0.1, 0.15) is 11.6 Å². The molecule has 2 N–H and O–H groups in total. The number of aromatic nitrogens is 1. The Hall–Kier alpha value is -0.840. The van der Waals surface area contributed by atoms with Crippen LogP contribution in [0.3, 0.4) is 0 Å². The third kappa shape index (κ3) is 1.97. The molecule has 0 radical (unpaired) electrons. The van der Waals surface area contributed by atoms with Gasteiger partial charge < -0.3 is 15.0 Å². The molecule has 5 heteroatoms. The van der Waals surface area contributed by atoms with Crippen LogP contribution < -0.4 is 10.9 Å². The quantitative estimate of drug-likeness (QED) is 0.677. The van der Waals surface area contributed by atoms with Gasteiger partial charge in [0.1, 0.15) is 5.15 Å². The number of hydrogen-bond acceptors (Lipinski definition) is 3. The van der Waals surface area contributed by atoms with E-state index in [9.17, 15) is 4.79 Å². The summed E-state index contributed by atoms with van der Waals surface area (Å²) in [5.74, 6) is 0. The van der Waals surface area contributed by atoms with Crippen LogP contribution in [0, 0.1) is 0 Å². The van der Waals surface area contributed by atoms with Crippen molar-refractivity contribution in [1.82, 2.24) is 10.3 Å². The van der Waals surface area contributed by atoms with E-state index in [-0.39, 0.29) is 11.6 Å². The number of hydrogen-bond donors (Lipinski definition) is 2. The maximum atomic E-state index is 10.9. The minimum Gasteiger partial charge on any atom is -0.378 e. The topological polar surface area (TPSA) is 54.1 Å². The summed E-state index contributed by atoms with van der Waals surface area (Å²) in [6, 6.07) is 3.28. The first-order chi connectivity index (χ1) is 6.77. The zero-order chi connectivity index (χ0) is 9.97. The summed E-state index contributed by atoms with van der Waals surface area (Å²) < 4.78 is 5.31. The summed E-state index contributed by atoms with van der Waals surface area (Å²) in [5.41, 5.74) is 0.696. The molecular formula is C9H11ClN2O2. The molecule has 0 aromatic carbocycles. The van der Waals surface area contributed by atoms with E-state index in [4.69, 9.17) is 16.3 Å². The van der Waals surface area contributed by atoms with Crippen LogP contribution in [0.2, 0.25) is 5.15 Å². The highest BCUT2D eigenvalue weighted by molar-refractivity contribution is 6.30. The van der Waals surface area contributed by atoms with E-state index in [1.165, 1.54) is 6.07 Å². The average molecular weight is 215 g/mol. The normalized spacial score (nSPS) is 22.2. The van der Waals surface area contributed by atoms with Crippen molar-refractivity contribution in [3.63, 3.8) is 0 Å². The molecule has 0 aliphatic carbocycles. The van der Waals surface area contributed by atoms with Gasteiger partial charge in [0, 0.05) is 18.2 Å². The van der Waals surface area contributed by atoms with Crippen LogP contribution in [0.5, 0.6) is 0 Å². The molecule has 2 heterocycles. The van der Waals surface area contributed by atoms with E-state index in [0.29, 0.717) is 11.8 Å². The van der Waals surface area contributed by atoms with Gasteiger partial charge in [-0.3, -0.25) is 4.79 Å². The first kappa shape index (κ1) is 9.71. The maximum absolute atomic E-state index is 10.9. The Balaban J connectivity index is 2.26. The third-order valence-corrected chi connectivity index (χ3v) is 2.51. The summed E-state index contributed by atoms with van der Waals surface area (Å²) in [6.07, 6.45) is 0. The lowest BCUT2D eigenvalue weighted by Gasteiger charge is -2.24. The zero-order valence-electron chi connectivity index (χ0n) is 7.55. The second kappa shape index (κ2) is 4.13. The number of halogens is 1. The molecule has 1 fully saturated rings. The molecule has 76 valence electrons. The Kier molecular flexibility index (Phi) is 2.86. The van der Waals surface area contributed by atoms with Gasteiger partial charge in [0.05, 0.1) is 19.3 Å². The van der Waals surface area contributed by atoms with E-state index in [2.05, 4.69) is 10.3 Å². The first-order valence-electron chi connectivity index (χ1n) is 4.47. The molecule has 1 saturated heterocycles. The van der Waals surface area contributed by atoms with E-state index >= 15 is 0 Å². The molecule has 0 bridgehead atoms. The minimum atomic E-state index is -0.185. The van der Waals surface area contributed by atoms with Gasteiger partial charge in [-0.1, -0.05) is 11.6 Å². The van der Waals surface area contributed by atoms with Gasteiger partial charge >= 0.3 is 0 Å². The number of rotatable bonds is 1. The van der Waals surface area contributed by atoms with Crippen LogP contribution in [0.25, 0.3) is 0 Å². The standard InChI is InChI=1S/C9H11ClN2O2/c10-9-6(1-2-8(13)12-9)7-5-14-4-3-11-7/h1-2,7,11H,3-5H2,(H,12,13). The largest absolute Gasteiger partial charge is 0.378 e. The smallest absolute Gasteiger partial charge is 0.249 e. The molecule has 1 aliphatic heterocycles. The zero-order valence-corrected chi connectivity index (χ0v) is 8.30. The van der Waals surface area contributed by atoms with Crippen LogP contribution in [-0.4, -0.2) is 24.7 Å². The van der Waals surface area contributed by atoms with Crippen molar-refractivity contribution in [2.24, 2.45) is 0 Å². The fourth-order valence-electron chi connectivity index (χ4n) is 1.49. The molecule has 1 aromatic heterocycles. The summed E-state index contributed by atoms with van der Waals surface area (Å²) >= 11 is 5.91. The van der Waals surface area contributed by atoms with Gasteiger partial charge in [-0.15, -0.1) is 0 Å². The lowest BCUT2D eigenvalue weighted by atomic mass is 10.1. The van der Waals surface area contributed by atoms with Gasteiger partial charge in [-0.05, 0) is 6.07 Å². The van der Waals surface area contributed by atoms with Gasteiger partial charge in [-0.2, -0.15) is 0 Å². The molecular weight excluding hydrogens is 204 g/mol. The molecule has 1 aromatic rings. The molecule has 1 atom stereocenters. The summed E-state index contributed by atoms with van der Waals surface area (Å²) in [7, 11) is 0. The average Bonchev–Trinajstić information content (AvgIpc) is 2.19. The predicted molar refractivity (Wildman–Crippen MR) is 53.6 cm³/mol. The van der Waals surface area contributed by atoms with Gasteiger partial charge in [-0.25, -0.2) is 0 Å². The van der Waals surface area contributed by atoms with E-state index in [1.54, 1.807) is 6.07 Å². The van der Waals surface area contributed by atoms with Gasteiger partial charge in [0.25, 0.3) is 0 Å². The second-order valence-corrected chi connectivity index (χ2v) is 3.55. The Morgan fingerprint density at radius 2 is 2.36 bits per heavy atom. The Morgan fingerprint density at radius 3 is 3.00 bits per heavy atom. The minimum absolute atomic E-state index is 0.0769. The highest BCUT2D eigenvalue weighted by Gasteiger charge is 2.17. The summed E-state index contributed by atoms with van der Waals surface area (Å²) in [5, 5.41) is 3.65. The van der Waals surface area contributed by atoms with Crippen molar-refractivity contribution >= 4 is 11.6 Å². The molecule has 1 unspecified atom stereocenters. The molecule has 1 aliphatic rings. The molecule has 0 spiro atoms. The van der Waals surface area contributed by atoms with Crippen molar-refractivity contribution in [1.29, 1.82) is 0 Å². The number of morpholine rings is 1. The number of ether oxygens (including phenoxy) is 1. The third-order valence-electron chi connectivity index (χ3n) is 2.20. The van der Waals surface area contributed by atoms with Crippen LogP contribution in [-0.2, 0) is 4.74 Å². The number of pyridine rings is 1. The highest BCUT2D eigenvalue weighted by Crippen LogP contribution is 2.20. The number of aromatic amines is 1. The lowest BCUT2D eigenvalue weighted by molar-refractivity contribution is 0.0768. The van der Waals surface area contributed by atoms with Gasteiger partial charge in [0.15, 0.2) is 0 Å². The second-order valence-electron chi connectivity index (χ2n) is 3.17. The number of H-pyrrole nitrogens is 1.